The van der Waals surface area contributed by atoms with Crippen LogP contribution in [-0.4, -0.2) is 25.9 Å². The summed E-state index contributed by atoms with van der Waals surface area (Å²) >= 11 is 0. The van der Waals surface area contributed by atoms with Crippen molar-refractivity contribution in [2.24, 2.45) is 0 Å². The molecule has 158 valence electrons. The maximum Gasteiger partial charge on any atom is 0.182 e. The molecule has 0 spiro atoms. The van der Waals surface area contributed by atoms with Crippen LogP contribution in [0.2, 0.25) is 0 Å². The first-order valence-electron chi connectivity index (χ1n) is 10.3. The number of nitrogen functional groups attached to an aromatic ring is 1. The van der Waals surface area contributed by atoms with Crippen molar-refractivity contribution in [2.75, 3.05) is 5.73 Å². The largest absolute Gasteiger partial charge is 0.485 e. The molecule has 0 bridgehead atoms. The molecule has 1 aliphatic rings. The molecule has 0 aliphatic heterocycles. The molecule has 1 aliphatic carbocycles. The van der Waals surface area contributed by atoms with E-state index in [0.29, 0.717) is 22.4 Å². The fourth-order valence-corrected chi connectivity index (χ4v) is 4.04. The third-order valence-electron chi connectivity index (χ3n) is 5.59. The Morgan fingerprint density at radius 2 is 1.81 bits per heavy atom. The summed E-state index contributed by atoms with van der Waals surface area (Å²) in [5.74, 6) is 0.0842. The van der Waals surface area contributed by atoms with Gasteiger partial charge in [-0.25, -0.2) is 18.7 Å². The molecule has 1 saturated carbocycles. The van der Waals surface area contributed by atoms with Crippen molar-refractivity contribution in [1.29, 1.82) is 0 Å². The van der Waals surface area contributed by atoms with Crippen LogP contribution >= 0.6 is 0 Å². The van der Waals surface area contributed by atoms with E-state index in [1.165, 1.54) is 23.0 Å². The van der Waals surface area contributed by atoms with Crippen LogP contribution in [0.25, 0.3) is 22.4 Å². The SMILES string of the molecule is Nc1nc(-c2nn(Cc3ccccc3F)c3c(F)cccc23)ncc1OC1CCCC1. The third kappa shape index (κ3) is 3.69. The monoisotopic (exact) mass is 421 g/mol. The standard InChI is InChI=1S/C23H21F2N5O/c24-17-10-4-1-6-14(17)13-30-21-16(9-5-11-18(21)25)20(29-30)23-27-12-19(22(26)28-23)31-15-7-2-3-8-15/h1,4-6,9-12,15H,2-3,7-8,13H2,(H2,26,27,28). The lowest BCUT2D eigenvalue weighted by atomic mass is 10.2. The lowest BCUT2D eigenvalue weighted by Crippen LogP contribution is -2.13. The third-order valence-corrected chi connectivity index (χ3v) is 5.59. The van der Waals surface area contributed by atoms with Crippen molar-refractivity contribution >= 4 is 16.7 Å². The first-order chi connectivity index (χ1) is 15.1. The second kappa shape index (κ2) is 7.94. The van der Waals surface area contributed by atoms with Crippen molar-refractivity contribution in [2.45, 2.75) is 38.3 Å². The highest BCUT2D eigenvalue weighted by atomic mass is 19.1. The second-order valence-electron chi connectivity index (χ2n) is 7.70. The number of rotatable bonds is 5. The minimum absolute atomic E-state index is 0.0719. The van der Waals surface area contributed by atoms with Gasteiger partial charge in [0.25, 0.3) is 0 Å². The van der Waals surface area contributed by atoms with Gasteiger partial charge in [0.05, 0.1) is 18.8 Å². The van der Waals surface area contributed by atoms with E-state index in [-0.39, 0.29) is 35.6 Å². The molecular formula is C23H21F2N5O. The average molecular weight is 421 g/mol. The van der Waals surface area contributed by atoms with E-state index in [1.54, 1.807) is 30.3 Å². The van der Waals surface area contributed by atoms with Crippen LogP contribution < -0.4 is 10.5 Å². The number of fused-ring (bicyclic) bond motifs is 1. The molecule has 5 rings (SSSR count). The highest BCUT2D eigenvalue weighted by Gasteiger charge is 2.21. The molecule has 31 heavy (non-hydrogen) atoms. The molecule has 0 unspecified atom stereocenters. The van der Waals surface area contributed by atoms with Crippen LogP contribution in [0, 0.1) is 11.6 Å². The number of anilines is 1. The number of nitrogens with zero attached hydrogens (tertiary/aromatic N) is 4. The van der Waals surface area contributed by atoms with E-state index in [2.05, 4.69) is 15.1 Å². The van der Waals surface area contributed by atoms with Crippen molar-refractivity contribution in [1.82, 2.24) is 19.7 Å². The highest BCUT2D eigenvalue weighted by molar-refractivity contribution is 5.92. The first kappa shape index (κ1) is 19.4. The van der Waals surface area contributed by atoms with E-state index in [1.807, 2.05) is 0 Å². The van der Waals surface area contributed by atoms with Gasteiger partial charge in [-0.3, -0.25) is 4.68 Å². The molecule has 6 nitrogen and oxygen atoms in total. The lowest BCUT2D eigenvalue weighted by Gasteiger charge is -2.14. The van der Waals surface area contributed by atoms with E-state index < -0.39 is 5.82 Å². The Labute approximate surface area is 177 Å². The zero-order chi connectivity index (χ0) is 21.4. The van der Waals surface area contributed by atoms with Crippen molar-refractivity contribution < 1.29 is 13.5 Å². The Hall–Kier alpha value is -3.55. The van der Waals surface area contributed by atoms with Gasteiger partial charge >= 0.3 is 0 Å². The average Bonchev–Trinajstić information content (AvgIpc) is 3.40. The summed E-state index contributed by atoms with van der Waals surface area (Å²) in [6, 6.07) is 11.0. The van der Waals surface area contributed by atoms with E-state index in [4.69, 9.17) is 10.5 Å². The zero-order valence-corrected chi connectivity index (χ0v) is 16.8. The predicted octanol–water partition coefficient (Wildman–Crippen LogP) is 4.72. The molecule has 2 aromatic heterocycles. The van der Waals surface area contributed by atoms with E-state index in [9.17, 15) is 8.78 Å². The van der Waals surface area contributed by atoms with Gasteiger partial charge in [-0.1, -0.05) is 30.3 Å². The molecule has 1 fully saturated rings. The molecule has 8 heteroatoms. The van der Waals surface area contributed by atoms with Crippen LogP contribution in [-0.2, 0) is 6.54 Å². The second-order valence-corrected chi connectivity index (χ2v) is 7.70. The van der Waals surface area contributed by atoms with Gasteiger partial charge in [0.15, 0.2) is 17.4 Å². The van der Waals surface area contributed by atoms with Gasteiger partial charge in [-0.05, 0) is 37.8 Å². The van der Waals surface area contributed by atoms with Gasteiger partial charge in [-0.15, -0.1) is 0 Å². The molecule has 0 amide bonds. The van der Waals surface area contributed by atoms with Crippen LogP contribution in [0.5, 0.6) is 5.75 Å². The van der Waals surface area contributed by atoms with Gasteiger partial charge in [0.1, 0.15) is 22.8 Å². The van der Waals surface area contributed by atoms with Gasteiger partial charge in [0, 0.05) is 10.9 Å². The fourth-order valence-electron chi connectivity index (χ4n) is 4.04. The Balaban J connectivity index is 1.55. The highest BCUT2D eigenvalue weighted by Crippen LogP contribution is 2.31. The van der Waals surface area contributed by atoms with Crippen molar-refractivity contribution in [3.05, 3.63) is 65.9 Å². The maximum absolute atomic E-state index is 14.7. The smallest absolute Gasteiger partial charge is 0.182 e. The summed E-state index contributed by atoms with van der Waals surface area (Å²) in [5.41, 5.74) is 7.17. The van der Waals surface area contributed by atoms with Gasteiger partial charge in [0.2, 0.25) is 0 Å². The number of hydrogen-bond acceptors (Lipinski definition) is 5. The quantitative estimate of drug-likeness (QED) is 0.504. The lowest BCUT2D eigenvalue weighted by molar-refractivity contribution is 0.210. The van der Waals surface area contributed by atoms with Crippen molar-refractivity contribution in [3.8, 4) is 17.3 Å². The Kier molecular flexibility index (Phi) is 4.97. The molecule has 2 N–H and O–H groups in total. The minimum atomic E-state index is -0.457. The first-order valence-corrected chi connectivity index (χ1v) is 10.3. The number of benzene rings is 2. The molecular weight excluding hydrogens is 400 g/mol. The maximum atomic E-state index is 14.7. The van der Waals surface area contributed by atoms with Gasteiger partial charge in [-0.2, -0.15) is 5.10 Å². The normalized spacial score (nSPS) is 14.4. The Morgan fingerprint density at radius 1 is 1.03 bits per heavy atom. The topological polar surface area (TPSA) is 78.9 Å². The number of halogens is 2. The number of ether oxygens (including phenoxy) is 1. The Bertz CT molecular complexity index is 1250. The predicted molar refractivity (Wildman–Crippen MR) is 114 cm³/mol. The van der Waals surface area contributed by atoms with Crippen LogP contribution in [0.3, 0.4) is 0 Å². The summed E-state index contributed by atoms with van der Waals surface area (Å²) in [6.07, 6.45) is 5.93. The van der Waals surface area contributed by atoms with E-state index >= 15 is 0 Å². The zero-order valence-electron chi connectivity index (χ0n) is 16.8. The van der Waals surface area contributed by atoms with E-state index in [0.717, 1.165) is 25.7 Å². The summed E-state index contributed by atoms with van der Waals surface area (Å²) < 4.78 is 36.2. The molecule has 2 heterocycles. The summed E-state index contributed by atoms with van der Waals surface area (Å²) in [7, 11) is 0. The number of nitrogens with two attached hydrogens (primary N) is 1. The number of hydrogen-bond donors (Lipinski definition) is 1. The molecule has 2 aromatic carbocycles. The molecule has 0 saturated heterocycles. The summed E-state index contributed by atoms with van der Waals surface area (Å²) in [6.45, 7) is 0.0719. The van der Waals surface area contributed by atoms with Crippen LogP contribution in [0.4, 0.5) is 14.6 Å². The summed E-state index contributed by atoms with van der Waals surface area (Å²) in [4.78, 5) is 8.75. The molecule has 0 atom stereocenters. The number of aromatic nitrogens is 4. The molecule has 4 aromatic rings. The summed E-state index contributed by atoms with van der Waals surface area (Å²) in [5, 5.41) is 5.05. The minimum Gasteiger partial charge on any atom is -0.485 e. The van der Waals surface area contributed by atoms with Crippen LogP contribution in [0.1, 0.15) is 31.2 Å². The molecule has 0 radical (unpaired) electrons. The van der Waals surface area contributed by atoms with Crippen LogP contribution in [0.15, 0.2) is 48.7 Å². The fraction of sp³-hybridized carbons (Fsp3) is 0.261. The van der Waals surface area contributed by atoms with Gasteiger partial charge < -0.3 is 10.5 Å². The van der Waals surface area contributed by atoms with Crippen molar-refractivity contribution in [3.63, 3.8) is 0 Å². The number of para-hydroxylation sites is 1. The Morgan fingerprint density at radius 3 is 2.58 bits per heavy atom.